The lowest BCUT2D eigenvalue weighted by Gasteiger charge is -2.26. The van der Waals surface area contributed by atoms with Crippen LogP contribution in [0, 0.1) is 0 Å². The fraction of sp³-hybridized carbons (Fsp3) is 0.423. The normalized spacial score (nSPS) is 14.8. The number of hydrogen-bond acceptors (Lipinski definition) is 7. The van der Waals surface area contributed by atoms with Crippen molar-refractivity contribution in [1.82, 2.24) is 15.1 Å². The number of carbonyl (C=O) groups is 3. The molecule has 0 aromatic heterocycles. The third-order valence-electron chi connectivity index (χ3n) is 5.97. The molecule has 1 atom stereocenters. The molecule has 1 heterocycles. The predicted octanol–water partition coefficient (Wildman–Crippen LogP) is 1.92. The monoisotopic (exact) mass is 499 g/mol. The molecule has 0 saturated carbocycles. The number of amides is 2. The van der Waals surface area contributed by atoms with Gasteiger partial charge in [-0.05, 0) is 54.1 Å². The smallest absolute Gasteiger partial charge is 0.254 e. The summed E-state index contributed by atoms with van der Waals surface area (Å²) in [5, 5.41) is 11.5. The van der Waals surface area contributed by atoms with Crippen LogP contribution in [0.2, 0.25) is 0 Å². The van der Waals surface area contributed by atoms with E-state index in [0.29, 0.717) is 5.56 Å². The van der Waals surface area contributed by atoms with Gasteiger partial charge in [-0.3, -0.25) is 19.3 Å². The molecule has 2 aromatic carbocycles. The van der Waals surface area contributed by atoms with Gasteiger partial charge in [-0.25, -0.2) is 0 Å². The first-order chi connectivity index (χ1) is 16.9. The number of carbonyl (C=O) groups excluding carboxylic acids is 3. The van der Waals surface area contributed by atoms with E-state index in [1.807, 2.05) is 23.9 Å². The van der Waals surface area contributed by atoms with Crippen LogP contribution in [0.1, 0.15) is 16.8 Å². The average molecular weight is 500 g/mol. The molecule has 35 heavy (non-hydrogen) atoms. The number of ether oxygens (including phenoxy) is 1. The number of aliphatic hydroxyl groups is 1. The van der Waals surface area contributed by atoms with Crippen LogP contribution in [0.3, 0.4) is 0 Å². The number of benzene rings is 2. The lowest BCUT2D eigenvalue weighted by atomic mass is 10.0. The summed E-state index contributed by atoms with van der Waals surface area (Å²) in [6.07, 6.45) is 1.14. The van der Waals surface area contributed by atoms with Crippen LogP contribution in [0.5, 0.6) is 0 Å². The highest BCUT2D eigenvalue weighted by molar-refractivity contribution is 7.99. The van der Waals surface area contributed by atoms with Gasteiger partial charge < -0.3 is 20.1 Å². The minimum atomic E-state index is -1.38. The summed E-state index contributed by atoms with van der Waals surface area (Å²) in [5.74, 6) is -0.793. The van der Waals surface area contributed by atoms with E-state index < -0.39 is 30.2 Å². The molecule has 0 aliphatic carbocycles. The van der Waals surface area contributed by atoms with Crippen molar-refractivity contribution >= 4 is 29.4 Å². The molecule has 2 amide bonds. The van der Waals surface area contributed by atoms with Gasteiger partial charge in [-0.1, -0.05) is 24.3 Å². The van der Waals surface area contributed by atoms with Crippen molar-refractivity contribution < 1.29 is 24.2 Å². The Hall–Kier alpha value is -2.72. The Bertz CT molecular complexity index is 975. The Morgan fingerprint density at radius 2 is 1.66 bits per heavy atom. The zero-order valence-electron chi connectivity index (χ0n) is 20.2. The summed E-state index contributed by atoms with van der Waals surface area (Å²) in [6, 6.07) is 14.0. The van der Waals surface area contributed by atoms with Crippen molar-refractivity contribution in [1.29, 1.82) is 0 Å². The molecule has 3 rings (SSSR count). The number of rotatable bonds is 11. The first-order valence-corrected chi connectivity index (χ1v) is 12.7. The molecule has 8 nitrogen and oxygen atoms in total. The minimum Gasteiger partial charge on any atom is -0.388 e. The van der Waals surface area contributed by atoms with Gasteiger partial charge in [0.25, 0.3) is 5.91 Å². The highest BCUT2D eigenvalue weighted by Gasteiger charge is 2.32. The maximum absolute atomic E-state index is 12.8. The fourth-order valence-corrected chi connectivity index (χ4v) is 4.77. The molecule has 188 valence electrons. The van der Waals surface area contributed by atoms with Gasteiger partial charge in [-0.15, -0.1) is 11.8 Å². The van der Waals surface area contributed by atoms with E-state index in [-0.39, 0.29) is 0 Å². The van der Waals surface area contributed by atoms with E-state index in [2.05, 4.69) is 34.5 Å². The first-order valence-electron chi connectivity index (χ1n) is 11.7. The molecular formula is C26H33N3O5S. The summed E-state index contributed by atoms with van der Waals surface area (Å²) in [4.78, 5) is 41.6. The van der Waals surface area contributed by atoms with Crippen LogP contribution in [0.15, 0.2) is 53.4 Å². The fourth-order valence-electron chi connectivity index (χ4n) is 3.93. The van der Waals surface area contributed by atoms with Crippen LogP contribution < -0.4 is 5.32 Å². The second kappa shape index (κ2) is 13.4. The van der Waals surface area contributed by atoms with E-state index in [1.165, 1.54) is 19.0 Å². The molecule has 2 aromatic rings. The number of nitrogens with zero attached hydrogens (tertiary/aromatic N) is 2. The summed E-state index contributed by atoms with van der Waals surface area (Å²) in [5.41, 5.74) is 2.35. The second-order valence-corrected chi connectivity index (χ2v) is 9.48. The molecular weight excluding hydrogens is 466 g/mol. The SMILES string of the molecule is CNC(=O)C(C(=O)CO)N(C)C(=O)c1ccc(-c2ccc(SCCCN3CCOCC3)cc2)cc1. The molecule has 9 heteroatoms. The highest BCUT2D eigenvalue weighted by atomic mass is 32.2. The Morgan fingerprint density at radius 3 is 2.23 bits per heavy atom. The van der Waals surface area contributed by atoms with E-state index in [0.717, 1.165) is 61.0 Å². The van der Waals surface area contributed by atoms with Gasteiger partial charge in [0.15, 0.2) is 11.8 Å². The number of nitrogens with one attached hydrogen (secondary N) is 1. The van der Waals surface area contributed by atoms with Gasteiger partial charge in [0.05, 0.1) is 13.2 Å². The lowest BCUT2D eigenvalue weighted by Crippen LogP contribution is -2.52. The van der Waals surface area contributed by atoms with Gasteiger partial charge in [0.2, 0.25) is 5.91 Å². The molecule has 1 saturated heterocycles. The predicted molar refractivity (Wildman–Crippen MR) is 137 cm³/mol. The van der Waals surface area contributed by atoms with Crippen LogP contribution in [0.4, 0.5) is 0 Å². The molecule has 2 N–H and O–H groups in total. The quantitative estimate of drug-likeness (QED) is 0.277. The van der Waals surface area contributed by atoms with E-state index in [4.69, 9.17) is 4.74 Å². The Labute approximate surface area is 210 Å². The number of hydrogen-bond donors (Lipinski definition) is 2. The number of Topliss-reactive ketones (excluding diaryl/α,β-unsaturated/α-hetero) is 1. The number of thioether (sulfide) groups is 1. The summed E-state index contributed by atoms with van der Waals surface area (Å²) in [7, 11) is 2.75. The summed E-state index contributed by atoms with van der Waals surface area (Å²) >= 11 is 1.85. The van der Waals surface area contributed by atoms with Crippen LogP contribution in [-0.2, 0) is 14.3 Å². The topological polar surface area (TPSA) is 99.2 Å². The highest BCUT2D eigenvalue weighted by Crippen LogP contribution is 2.25. The molecule has 1 aliphatic heterocycles. The lowest BCUT2D eigenvalue weighted by molar-refractivity contribution is -0.135. The number of ketones is 1. The second-order valence-electron chi connectivity index (χ2n) is 8.32. The van der Waals surface area contributed by atoms with E-state index in [9.17, 15) is 19.5 Å². The van der Waals surface area contributed by atoms with Crippen LogP contribution in [0.25, 0.3) is 11.1 Å². The van der Waals surface area contributed by atoms with Crippen molar-refractivity contribution in [3.05, 3.63) is 54.1 Å². The molecule has 0 spiro atoms. The Morgan fingerprint density at radius 1 is 1.06 bits per heavy atom. The standard InChI is InChI=1S/C26H33N3O5S/c1-27-25(32)24(23(31)18-30)28(2)26(33)21-6-4-19(5-7-21)20-8-10-22(11-9-20)35-17-3-12-29-13-15-34-16-14-29/h4-11,24,30H,3,12-18H2,1-2H3,(H,27,32). The maximum atomic E-state index is 12.8. The maximum Gasteiger partial charge on any atom is 0.254 e. The van der Waals surface area contributed by atoms with Crippen molar-refractivity contribution in [3.8, 4) is 11.1 Å². The number of morpholine rings is 1. The minimum absolute atomic E-state index is 0.350. The molecule has 1 unspecified atom stereocenters. The zero-order chi connectivity index (χ0) is 25.2. The zero-order valence-corrected chi connectivity index (χ0v) is 21.1. The number of aliphatic hydroxyl groups excluding tert-OH is 1. The van der Waals surface area contributed by atoms with E-state index >= 15 is 0 Å². The van der Waals surface area contributed by atoms with Gasteiger partial charge in [0, 0.05) is 37.6 Å². The van der Waals surface area contributed by atoms with Gasteiger partial charge >= 0.3 is 0 Å². The van der Waals surface area contributed by atoms with E-state index in [1.54, 1.807) is 12.1 Å². The number of likely N-dealkylation sites (N-methyl/N-ethyl adjacent to an activating group) is 2. The summed E-state index contributed by atoms with van der Waals surface area (Å²) < 4.78 is 5.39. The molecule has 0 bridgehead atoms. The first kappa shape index (κ1) is 26.9. The Balaban J connectivity index is 1.56. The van der Waals surface area contributed by atoms with Crippen molar-refractivity contribution in [2.45, 2.75) is 17.4 Å². The molecule has 1 aliphatic rings. The largest absolute Gasteiger partial charge is 0.388 e. The Kier molecular flexibility index (Phi) is 10.3. The van der Waals surface area contributed by atoms with Crippen LogP contribution >= 0.6 is 11.8 Å². The summed E-state index contributed by atoms with van der Waals surface area (Å²) in [6.45, 7) is 4.00. The third-order valence-corrected chi connectivity index (χ3v) is 7.07. The van der Waals surface area contributed by atoms with Crippen molar-refractivity contribution in [3.63, 3.8) is 0 Å². The molecule has 1 fully saturated rings. The third kappa shape index (κ3) is 7.38. The average Bonchev–Trinajstić information content (AvgIpc) is 2.91. The van der Waals surface area contributed by atoms with Crippen molar-refractivity contribution in [2.75, 3.05) is 59.3 Å². The van der Waals surface area contributed by atoms with Crippen LogP contribution in [-0.4, -0.2) is 97.8 Å². The molecule has 0 radical (unpaired) electrons. The van der Waals surface area contributed by atoms with Crippen molar-refractivity contribution in [2.24, 2.45) is 0 Å². The van der Waals surface area contributed by atoms with Gasteiger partial charge in [-0.2, -0.15) is 0 Å². The van der Waals surface area contributed by atoms with Gasteiger partial charge in [0.1, 0.15) is 6.61 Å².